The highest BCUT2D eigenvalue weighted by atomic mass is 32.2. The van der Waals surface area contributed by atoms with Gasteiger partial charge in [-0.15, -0.1) is 11.8 Å². The monoisotopic (exact) mass is 442 g/mol. The van der Waals surface area contributed by atoms with Crippen LogP contribution in [0.15, 0.2) is 70.2 Å². The van der Waals surface area contributed by atoms with Crippen molar-refractivity contribution in [3.05, 3.63) is 77.7 Å². The minimum absolute atomic E-state index is 0.0959. The molecule has 0 radical (unpaired) electrons. The summed E-state index contributed by atoms with van der Waals surface area (Å²) in [6.07, 6.45) is -2.79. The molecule has 2 aliphatic heterocycles. The molecule has 158 valence electrons. The maximum atomic E-state index is 13.7. The standard InChI is InChI=1S/C22H17F3N4OS/c23-22(24,25)18-16(13-4-2-1-3-5-13)12-17(31-18)21-28-20(29-30-21)15-8-6-14(7-9-15)19-26-10-11-27-19/h1-9,12,16,18H,10-11H2,(H,26,27). The zero-order valence-electron chi connectivity index (χ0n) is 16.1. The lowest BCUT2D eigenvalue weighted by Gasteiger charge is -2.21. The molecule has 1 N–H and O–H groups in total. The van der Waals surface area contributed by atoms with Gasteiger partial charge in [-0.2, -0.15) is 18.2 Å². The minimum atomic E-state index is -4.36. The van der Waals surface area contributed by atoms with E-state index < -0.39 is 17.3 Å². The molecule has 5 nitrogen and oxygen atoms in total. The average molecular weight is 442 g/mol. The summed E-state index contributed by atoms with van der Waals surface area (Å²) in [5.41, 5.74) is 2.27. The molecule has 0 fully saturated rings. The summed E-state index contributed by atoms with van der Waals surface area (Å²) >= 11 is 0.717. The maximum Gasteiger partial charge on any atom is 0.401 e. The fourth-order valence-electron chi connectivity index (χ4n) is 3.65. The molecular formula is C22H17F3N4OS. The molecule has 0 saturated heterocycles. The van der Waals surface area contributed by atoms with Crippen LogP contribution in [0.25, 0.3) is 16.3 Å². The smallest absolute Gasteiger partial charge is 0.368 e. The van der Waals surface area contributed by atoms with E-state index in [9.17, 15) is 13.2 Å². The van der Waals surface area contributed by atoms with Crippen molar-refractivity contribution in [3.63, 3.8) is 0 Å². The van der Waals surface area contributed by atoms with Gasteiger partial charge < -0.3 is 9.84 Å². The van der Waals surface area contributed by atoms with Crippen molar-refractivity contribution < 1.29 is 17.7 Å². The van der Waals surface area contributed by atoms with Crippen LogP contribution in [-0.2, 0) is 0 Å². The molecule has 0 aliphatic carbocycles. The summed E-state index contributed by atoms with van der Waals surface area (Å²) in [5, 5.41) is 5.58. The largest absolute Gasteiger partial charge is 0.401 e. The van der Waals surface area contributed by atoms with Gasteiger partial charge in [-0.25, -0.2) is 0 Å². The predicted molar refractivity (Wildman–Crippen MR) is 114 cm³/mol. The minimum Gasteiger partial charge on any atom is -0.368 e. The predicted octanol–water partition coefficient (Wildman–Crippen LogP) is 4.89. The summed E-state index contributed by atoms with van der Waals surface area (Å²) < 4.78 is 46.4. The van der Waals surface area contributed by atoms with Crippen LogP contribution < -0.4 is 5.32 Å². The zero-order chi connectivity index (χ0) is 21.4. The van der Waals surface area contributed by atoms with Crippen LogP contribution in [0.5, 0.6) is 0 Å². The highest BCUT2D eigenvalue weighted by Gasteiger charge is 2.49. The van der Waals surface area contributed by atoms with E-state index in [-0.39, 0.29) is 5.89 Å². The van der Waals surface area contributed by atoms with Crippen molar-refractivity contribution in [2.24, 2.45) is 4.99 Å². The summed E-state index contributed by atoms with van der Waals surface area (Å²) in [6, 6.07) is 16.1. The Bertz CT molecular complexity index is 1140. The van der Waals surface area contributed by atoms with Crippen LogP contribution in [0.1, 0.15) is 22.9 Å². The highest BCUT2D eigenvalue weighted by molar-refractivity contribution is 8.09. The molecule has 0 amide bonds. The number of allylic oxidation sites excluding steroid dienone is 1. The van der Waals surface area contributed by atoms with Crippen molar-refractivity contribution in [1.29, 1.82) is 0 Å². The van der Waals surface area contributed by atoms with Crippen molar-refractivity contribution in [2.45, 2.75) is 17.3 Å². The molecule has 2 atom stereocenters. The topological polar surface area (TPSA) is 63.3 Å². The molecule has 0 saturated carbocycles. The quantitative estimate of drug-likeness (QED) is 0.624. The van der Waals surface area contributed by atoms with Gasteiger partial charge in [0.25, 0.3) is 5.89 Å². The lowest BCUT2D eigenvalue weighted by atomic mass is 9.95. The third-order valence-corrected chi connectivity index (χ3v) is 6.52. The Morgan fingerprint density at radius 2 is 1.74 bits per heavy atom. The number of aromatic nitrogens is 2. The van der Waals surface area contributed by atoms with Crippen LogP contribution in [-0.4, -0.2) is 40.5 Å². The Morgan fingerprint density at radius 3 is 2.42 bits per heavy atom. The van der Waals surface area contributed by atoms with Gasteiger partial charge in [0.15, 0.2) is 0 Å². The molecule has 9 heteroatoms. The number of hydrogen-bond donors (Lipinski definition) is 1. The van der Waals surface area contributed by atoms with E-state index in [2.05, 4.69) is 20.4 Å². The number of thioether (sulfide) groups is 1. The third-order valence-electron chi connectivity index (χ3n) is 5.15. The van der Waals surface area contributed by atoms with E-state index in [1.165, 1.54) is 0 Å². The molecule has 2 unspecified atom stereocenters. The molecule has 0 spiro atoms. The number of nitrogens with one attached hydrogen (secondary N) is 1. The van der Waals surface area contributed by atoms with E-state index in [1.54, 1.807) is 36.4 Å². The van der Waals surface area contributed by atoms with Gasteiger partial charge >= 0.3 is 6.18 Å². The Hall–Kier alpha value is -3.07. The van der Waals surface area contributed by atoms with Gasteiger partial charge in [-0.05, 0) is 5.56 Å². The van der Waals surface area contributed by atoms with E-state index in [0.717, 1.165) is 36.3 Å². The Kier molecular flexibility index (Phi) is 5.05. The maximum absolute atomic E-state index is 13.7. The third kappa shape index (κ3) is 3.97. The Morgan fingerprint density at radius 1 is 1.00 bits per heavy atom. The molecule has 2 aromatic carbocycles. The van der Waals surface area contributed by atoms with Crippen LogP contribution in [0, 0.1) is 0 Å². The number of rotatable bonds is 4. The fraction of sp³-hybridized carbons (Fsp3) is 0.227. The number of amidine groups is 1. The molecule has 1 aromatic heterocycles. The van der Waals surface area contributed by atoms with Crippen LogP contribution >= 0.6 is 11.8 Å². The van der Waals surface area contributed by atoms with Gasteiger partial charge in [0, 0.05) is 23.6 Å². The highest BCUT2D eigenvalue weighted by Crippen LogP contribution is 2.52. The SMILES string of the molecule is FC(F)(F)C1SC(c2nc(-c3ccc(C4=NCCN4)cc3)no2)=CC1c1ccccc1. The van der Waals surface area contributed by atoms with Crippen LogP contribution in [0.2, 0.25) is 0 Å². The van der Waals surface area contributed by atoms with E-state index >= 15 is 0 Å². The number of aliphatic imine (C=N–C) groups is 1. The van der Waals surface area contributed by atoms with E-state index in [1.807, 2.05) is 24.3 Å². The first-order valence-corrected chi connectivity index (χ1v) is 10.6. The summed E-state index contributed by atoms with van der Waals surface area (Å²) in [6.45, 7) is 1.57. The molecular weight excluding hydrogens is 425 g/mol. The first-order chi connectivity index (χ1) is 15.0. The van der Waals surface area contributed by atoms with Crippen LogP contribution in [0.3, 0.4) is 0 Å². The van der Waals surface area contributed by atoms with Crippen molar-refractivity contribution in [2.75, 3.05) is 13.1 Å². The average Bonchev–Trinajstić information content (AvgIpc) is 3.54. The number of nitrogens with zero attached hydrogens (tertiary/aromatic N) is 3. The van der Waals surface area contributed by atoms with Crippen molar-refractivity contribution in [1.82, 2.24) is 15.5 Å². The number of hydrogen-bond acceptors (Lipinski definition) is 6. The van der Waals surface area contributed by atoms with Gasteiger partial charge in [0.1, 0.15) is 11.1 Å². The number of halogens is 3. The normalized spacial score (nSPS) is 21.0. The summed E-state index contributed by atoms with van der Waals surface area (Å²) in [4.78, 5) is 9.08. The molecule has 3 aromatic rings. The first kappa shape index (κ1) is 19.9. The van der Waals surface area contributed by atoms with Crippen molar-refractivity contribution >= 4 is 22.5 Å². The number of alkyl halides is 3. The van der Waals surface area contributed by atoms with E-state index in [4.69, 9.17) is 4.52 Å². The second kappa shape index (κ2) is 7.88. The van der Waals surface area contributed by atoms with Gasteiger partial charge in [0.05, 0.1) is 11.4 Å². The molecule has 3 heterocycles. The van der Waals surface area contributed by atoms with E-state index in [0.29, 0.717) is 21.9 Å². The first-order valence-electron chi connectivity index (χ1n) is 9.72. The summed E-state index contributed by atoms with van der Waals surface area (Å²) in [5.74, 6) is 0.461. The van der Waals surface area contributed by atoms with Gasteiger partial charge in [0.2, 0.25) is 5.82 Å². The van der Waals surface area contributed by atoms with Crippen molar-refractivity contribution in [3.8, 4) is 11.4 Å². The number of benzene rings is 2. The fourth-order valence-corrected chi connectivity index (χ4v) is 4.85. The zero-order valence-corrected chi connectivity index (χ0v) is 17.0. The van der Waals surface area contributed by atoms with Crippen LogP contribution in [0.4, 0.5) is 13.2 Å². The Labute approximate surface area is 180 Å². The Balaban J connectivity index is 1.41. The van der Waals surface area contributed by atoms with Gasteiger partial charge in [-0.1, -0.05) is 65.8 Å². The molecule has 31 heavy (non-hydrogen) atoms. The van der Waals surface area contributed by atoms with Gasteiger partial charge in [-0.3, -0.25) is 4.99 Å². The summed E-state index contributed by atoms with van der Waals surface area (Å²) in [7, 11) is 0. The molecule has 2 aliphatic rings. The lowest BCUT2D eigenvalue weighted by Crippen LogP contribution is -2.28. The molecule has 0 bridgehead atoms. The second-order valence-corrected chi connectivity index (χ2v) is 8.39. The lowest BCUT2D eigenvalue weighted by molar-refractivity contribution is -0.130. The second-order valence-electron chi connectivity index (χ2n) is 7.21. The molecule has 5 rings (SSSR count).